The third kappa shape index (κ3) is 5.16. The smallest absolute Gasteiger partial charge is 0.258 e. The fraction of sp³-hybridized carbons (Fsp3) is 0.250. The third-order valence-corrected chi connectivity index (χ3v) is 6.46. The Hall–Kier alpha value is -1.68. The van der Waals surface area contributed by atoms with Gasteiger partial charge in [-0.1, -0.05) is 23.7 Å². The van der Waals surface area contributed by atoms with Crippen molar-refractivity contribution >= 4 is 39.1 Å². The Bertz CT molecular complexity index is 902. The molecule has 0 aliphatic rings. The molecular weight excluding hydrogens is 403 g/mol. The number of hydrogen-bond donors (Lipinski definition) is 1. The van der Waals surface area contributed by atoms with Crippen LogP contribution in [0.1, 0.15) is 11.1 Å². The van der Waals surface area contributed by atoms with Crippen molar-refractivity contribution in [1.29, 1.82) is 0 Å². The zero-order valence-electron chi connectivity index (χ0n) is 13.7. The Kier molecular flexibility index (Phi) is 6.99. The lowest BCUT2D eigenvalue weighted by molar-refractivity contribution is -0.385. The first-order valence-corrected chi connectivity index (χ1v) is 10.5. The van der Waals surface area contributed by atoms with Gasteiger partial charge in [0.15, 0.2) is 0 Å². The van der Waals surface area contributed by atoms with E-state index < -0.39 is 20.8 Å². The molecule has 0 atom stereocenters. The number of nitrogens with one attached hydrogen (secondary N) is 1. The maximum atomic E-state index is 13.7. The van der Waals surface area contributed by atoms with Crippen LogP contribution in [0.3, 0.4) is 0 Å². The summed E-state index contributed by atoms with van der Waals surface area (Å²) in [5, 5.41) is 11.2. The SMILES string of the molecule is Cc1ccc([N+](=O)[O-])cc1S(=O)(=O)NCCSCc1c(F)cccc1Cl. The van der Waals surface area contributed by atoms with Crippen molar-refractivity contribution in [1.82, 2.24) is 4.72 Å². The van der Waals surface area contributed by atoms with Crippen LogP contribution in [0.25, 0.3) is 0 Å². The van der Waals surface area contributed by atoms with Crippen molar-refractivity contribution in [3.8, 4) is 0 Å². The summed E-state index contributed by atoms with van der Waals surface area (Å²) in [5.41, 5.74) is 0.491. The van der Waals surface area contributed by atoms with Crippen LogP contribution < -0.4 is 4.72 Å². The molecular formula is C16H16ClFN2O4S2. The number of thioether (sulfide) groups is 1. The van der Waals surface area contributed by atoms with Gasteiger partial charge in [0.1, 0.15) is 5.82 Å². The van der Waals surface area contributed by atoms with E-state index in [9.17, 15) is 22.9 Å². The molecule has 6 nitrogen and oxygen atoms in total. The van der Waals surface area contributed by atoms with Crippen LogP contribution in [0.2, 0.25) is 5.02 Å². The summed E-state index contributed by atoms with van der Waals surface area (Å²) in [6.45, 7) is 1.66. The first-order chi connectivity index (χ1) is 12.2. The first kappa shape index (κ1) is 20.6. The van der Waals surface area contributed by atoms with Crippen molar-refractivity contribution in [2.24, 2.45) is 0 Å². The number of nitrogens with zero attached hydrogens (tertiary/aromatic N) is 1. The molecule has 0 aromatic heterocycles. The number of nitro benzene ring substituents is 1. The minimum atomic E-state index is -3.88. The number of sulfonamides is 1. The molecule has 0 saturated carbocycles. The standard InChI is InChI=1S/C16H16ClFN2O4S2/c1-11-5-6-12(20(21)22)9-16(11)26(23,24)19-7-8-25-10-13-14(17)3-2-4-15(13)18/h2-6,9,19H,7-8,10H2,1H3. The Morgan fingerprint density at radius 3 is 2.69 bits per heavy atom. The maximum Gasteiger partial charge on any atom is 0.270 e. The average molecular weight is 419 g/mol. The summed E-state index contributed by atoms with van der Waals surface area (Å²) >= 11 is 7.26. The second kappa shape index (κ2) is 8.81. The number of aryl methyl sites for hydroxylation is 1. The van der Waals surface area contributed by atoms with Crippen LogP contribution in [0.4, 0.5) is 10.1 Å². The summed E-state index contributed by atoms with van der Waals surface area (Å²) < 4.78 is 40.7. The fourth-order valence-corrected chi connectivity index (χ4v) is 4.78. The minimum absolute atomic E-state index is 0.0984. The third-order valence-electron chi connectivity index (χ3n) is 3.52. The molecule has 10 heteroatoms. The largest absolute Gasteiger partial charge is 0.270 e. The van der Waals surface area contributed by atoms with E-state index in [1.54, 1.807) is 13.0 Å². The maximum absolute atomic E-state index is 13.7. The van der Waals surface area contributed by atoms with Crippen molar-refractivity contribution in [3.05, 3.63) is 68.5 Å². The van der Waals surface area contributed by atoms with Crippen LogP contribution in [-0.2, 0) is 15.8 Å². The molecule has 0 radical (unpaired) electrons. The van der Waals surface area contributed by atoms with Crippen molar-refractivity contribution in [3.63, 3.8) is 0 Å². The van der Waals surface area contributed by atoms with Crippen molar-refractivity contribution in [2.45, 2.75) is 17.6 Å². The Balaban J connectivity index is 1.95. The summed E-state index contributed by atoms with van der Waals surface area (Å²) in [4.78, 5) is 10.0. The van der Waals surface area contributed by atoms with Gasteiger partial charge in [0.25, 0.3) is 5.69 Å². The summed E-state index contributed by atoms with van der Waals surface area (Å²) in [6, 6.07) is 8.10. The van der Waals surface area contributed by atoms with E-state index in [0.29, 0.717) is 27.7 Å². The molecule has 1 N–H and O–H groups in total. The quantitative estimate of drug-likeness (QED) is 0.399. The molecule has 0 spiro atoms. The van der Waals surface area contributed by atoms with E-state index in [0.717, 1.165) is 6.07 Å². The molecule has 26 heavy (non-hydrogen) atoms. The Morgan fingerprint density at radius 2 is 2.04 bits per heavy atom. The van der Waals surface area contributed by atoms with Gasteiger partial charge in [0.05, 0.1) is 9.82 Å². The lowest BCUT2D eigenvalue weighted by atomic mass is 10.2. The van der Waals surface area contributed by atoms with E-state index in [-0.39, 0.29) is 17.1 Å². The molecule has 2 aromatic rings. The highest BCUT2D eigenvalue weighted by molar-refractivity contribution is 7.98. The highest BCUT2D eigenvalue weighted by atomic mass is 35.5. The number of halogens is 2. The minimum Gasteiger partial charge on any atom is -0.258 e. The number of nitro groups is 1. The molecule has 0 bridgehead atoms. The van der Waals surface area contributed by atoms with Crippen LogP contribution in [0, 0.1) is 22.9 Å². The summed E-state index contributed by atoms with van der Waals surface area (Å²) in [5.74, 6) is 0.291. The number of rotatable bonds is 8. The number of non-ortho nitro benzene ring substituents is 1. The molecule has 0 saturated heterocycles. The predicted octanol–water partition coefficient (Wildman–Crippen LogP) is 3.91. The van der Waals surface area contributed by atoms with Gasteiger partial charge in [-0.3, -0.25) is 10.1 Å². The number of benzene rings is 2. The second-order valence-corrected chi connectivity index (χ2v) is 8.61. The topological polar surface area (TPSA) is 89.3 Å². The Morgan fingerprint density at radius 1 is 1.31 bits per heavy atom. The molecule has 0 aliphatic carbocycles. The van der Waals surface area contributed by atoms with E-state index in [1.807, 2.05) is 0 Å². The molecule has 0 aliphatic heterocycles. The van der Waals surface area contributed by atoms with Gasteiger partial charge >= 0.3 is 0 Å². The lowest BCUT2D eigenvalue weighted by Gasteiger charge is -2.10. The molecule has 2 aromatic carbocycles. The normalized spacial score (nSPS) is 11.5. The van der Waals surface area contributed by atoms with Gasteiger partial charge < -0.3 is 0 Å². The van der Waals surface area contributed by atoms with Crippen LogP contribution >= 0.6 is 23.4 Å². The average Bonchev–Trinajstić information content (AvgIpc) is 2.56. The molecule has 0 unspecified atom stereocenters. The number of hydrogen-bond acceptors (Lipinski definition) is 5. The fourth-order valence-electron chi connectivity index (χ4n) is 2.16. The molecule has 2 rings (SSSR count). The molecule has 0 amide bonds. The van der Waals surface area contributed by atoms with Gasteiger partial charge in [0, 0.05) is 40.8 Å². The van der Waals surface area contributed by atoms with E-state index in [2.05, 4.69) is 4.72 Å². The first-order valence-electron chi connectivity index (χ1n) is 7.47. The van der Waals surface area contributed by atoms with Crippen LogP contribution in [-0.4, -0.2) is 25.6 Å². The molecule has 140 valence electrons. The van der Waals surface area contributed by atoms with Gasteiger partial charge in [0.2, 0.25) is 10.0 Å². The van der Waals surface area contributed by atoms with Gasteiger partial charge in [-0.25, -0.2) is 17.5 Å². The van der Waals surface area contributed by atoms with Crippen LogP contribution in [0.15, 0.2) is 41.3 Å². The van der Waals surface area contributed by atoms with Crippen LogP contribution in [0.5, 0.6) is 0 Å². The van der Waals surface area contributed by atoms with E-state index in [1.165, 1.54) is 36.0 Å². The van der Waals surface area contributed by atoms with Gasteiger partial charge in [-0.2, -0.15) is 11.8 Å². The van der Waals surface area contributed by atoms with E-state index in [4.69, 9.17) is 11.6 Å². The van der Waals surface area contributed by atoms with Crippen molar-refractivity contribution in [2.75, 3.05) is 12.3 Å². The predicted molar refractivity (Wildman–Crippen MR) is 101 cm³/mol. The lowest BCUT2D eigenvalue weighted by Crippen LogP contribution is -2.26. The monoisotopic (exact) mass is 418 g/mol. The summed E-state index contributed by atoms with van der Waals surface area (Å²) in [7, 11) is -3.88. The van der Waals surface area contributed by atoms with E-state index >= 15 is 0 Å². The highest BCUT2D eigenvalue weighted by Crippen LogP contribution is 2.24. The Labute approximate surface area is 160 Å². The molecule has 0 fully saturated rings. The summed E-state index contributed by atoms with van der Waals surface area (Å²) in [6.07, 6.45) is 0. The molecule has 0 heterocycles. The van der Waals surface area contributed by atoms with Gasteiger partial charge in [-0.15, -0.1) is 0 Å². The highest BCUT2D eigenvalue weighted by Gasteiger charge is 2.20. The zero-order valence-corrected chi connectivity index (χ0v) is 16.1. The zero-order chi connectivity index (χ0) is 19.3. The second-order valence-electron chi connectivity index (χ2n) is 5.36. The van der Waals surface area contributed by atoms with Gasteiger partial charge in [-0.05, 0) is 24.6 Å². The van der Waals surface area contributed by atoms with Crippen molar-refractivity contribution < 1.29 is 17.7 Å².